The van der Waals surface area contributed by atoms with Gasteiger partial charge in [0.25, 0.3) is 0 Å². The second-order valence-corrected chi connectivity index (χ2v) is 2.90. The van der Waals surface area contributed by atoms with Crippen molar-refractivity contribution in [2.75, 3.05) is 13.2 Å². The Morgan fingerprint density at radius 1 is 1.60 bits per heavy atom. The van der Waals surface area contributed by atoms with Crippen LogP contribution in [0, 0.1) is 5.92 Å². The molecule has 0 bridgehead atoms. The van der Waals surface area contributed by atoms with Crippen molar-refractivity contribution >= 4 is 5.97 Å². The number of hydrogen-bond donors (Lipinski definition) is 0. The molecule has 56 valence electrons. The highest BCUT2D eigenvalue weighted by Gasteiger charge is 2.34. The molecule has 0 aromatic heterocycles. The van der Waals surface area contributed by atoms with Crippen LogP contribution >= 0.6 is 0 Å². The Kier molecular flexibility index (Phi) is 1.38. The van der Waals surface area contributed by atoms with Crippen molar-refractivity contribution in [1.82, 2.24) is 0 Å². The first kappa shape index (κ1) is 6.16. The second-order valence-electron chi connectivity index (χ2n) is 2.90. The fraction of sp³-hybridized carbons (Fsp3) is 0.857. The van der Waals surface area contributed by atoms with Gasteiger partial charge in [-0.2, -0.15) is 0 Å². The summed E-state index contributed by atoms with van der Waals surface area (Å²) in [5.74, 6) is 0.481. The molecule has 0 aromatic carbocycles. The van der Waals surface area contributed by atoms with Gasteiger partial charge < -0.3 is 9.47 Å². The minimum absolute atomic E-state index is 0.174. The summed E-state index contributed by atoms with van der Waals surface area (Å²) >= 11 is 0. The molecule has 0 N–H and O–H groups in total. The molecule has 1 unspecified atom stereocenters. The van der Waals surface area contributed by atoms with Crippen LogP contribution in [0.5, 0.6) is 0 Å². The molecule has 0 spiro atoms. The highest BCUT2D eigenvalue weighted by atomic mass is 16.6. The highest BCUT2D eigenvalue weighted by Crippen LogP contribution is 2.29. The summed E-state index contributed by atoms with van der Waals surface area (Å²) in [7, 11) is 0. The first-order valence-electron chi connectivity index (χ1n) is 3.64. The maximum atomic E-state index is 10.8. The standard InChI is InChI=1S/C7H10O3/c8-7(6-4-9-6)10-3-5-1-2-5/h5-6H,1-4H2. The molecular weight excluding hydrogens is 132 g/mol. The van der Waals surface area contributed by atoms with Crippen LogP contribution in [-0.2, 0) is 14.3 Å². The molecule has 2 fully saturated rings. The Morgan fingerprint density at radius 3 is 2.80 bits per heavy atom. The van der Waals surface area contributed by atoms with Crippen molar-refractivity contribution in [3.8, 4) is 0 Å². The lowest BCUT2D eigenvalue weighted by Gasteiger charge is -1.98. The molecule has 3 heteroatoms. The molecule has 0 radical (unpaired) electrons. The summed E-state index contributed by atoms with van der Waals surface area (Å²) in [5, 5.41) is 0. The summed E-state index contributed by atoms with van der Waals surface area (Å²) < 4.78 is 9.67. The lowest BCUT2D eigenvalue weighted by molar-refractivity contribution is -0.145. The van der Waals surface area contributed by atoms with Crippen LogP contribution in [0.1, 0.15) is 12.8 Å². The van der Waals surface area contributed by atoms with Gasteiger partial charge in [-0.3, -0.25) is 0 Å². The van der Waals surface area contributed by atoms with Gasteiger partial charge in [-0.05, 0) is 18.8 Å². The van der Waals surface area contributed by atoms with Crippen LogP contribution in [0.2, 0.25) is 0 Å². The molecular formula is C7H10O3. The lowest BCUT2D eigenvalue weighted by atomic mass is 10.4. The third kappa shape index (κ3) is 1.48. The Morgan fingerprint density at radius 2 is 2.30 bits per heavy atom. The van der Waals surface area contributed by atoms with Gasteiger partial charge in [0.15, 0.2) is 6.10 Å². The van der Waals surface area contributed by atoms with Crippen molar-refractivity contribution in [2.24, 2.45) is 5.92 Å². The Balaban J connectivity index is 1.63. The van der Waals surface area contributed by atoms with E-state index in [1.54, 1.807) is 0 Å². The molecule has 1 saturated carbocycles. The van der Waals surface area contributed by atoms with E-state index in [-0.39, 0.29) is 12.1 Å². The molecule has 2 rings (SSSR count). The smallest absolute Gasteiger partial charge is 0.337 e. The van der Waals surface area contributed by atoms with Crippen LogP contribution in [0.3, 0.4) is 0 Å². The molecule has 0 amide bonds. The summed E-state index contributed by atoms with van der Waals surface area (Å²) in [6.07, 6.45) is 2.22. The molecule has 0 aromatic rings. The number of epoxide rings is 1. The second kappa shape index (κ2) is 2.23. The van der Waals surface area contributed by atoms with E-state index in [1.807, 2.05) is 0 Å². The normalized spacial score (nSPS) is 29.8. The zero-order chi connectivity index (χ0) is 6.97. The summed E-state index contributed by atoms with van der Waals surface area (Å²) in [5.41, 5.74) is 0. The van der Waals surface area contributed by atoms with E-state index in [9.17, 15) is 4.79 Å². The van der Waals surface area contributed by atoms with E-state index in [4.69, 9.17) is 9.47 Å². The van der Waals surface area contributed by atoms with Crippen LogP contribution in [0.25, 0.3) is 0 Å². The maximum absolute atomic E-state index is 10.8. The monoisotopic (exact) mass is 142 g/mol. The molecule has 1 aliphatic carbocycles. The Bertz CT molecular complexity index is 147. The number of hydrogen-bond acceptors (Lipinski definition) is 3. The van der Waals surface area contributed by atoms with E-state index in [1.165, 1.54) is 12.8 Å². The minimum Gasteiger partial charge on any atom is -0.463 e. The minimum atomic E-state index is -0.223. The quantitative estimate of drug-likeness (QED) is 0.421. The first-order valence-corrected chi connectivity index (χ1v) is 3.64. The van der Waals surface area contributed by atoms with Crippen LogP contribution in [-0.4, -0.2) is 25.3 Å². The van der Waals surface area contributed by atoms with E-state index >= 15 is 0 Å². The molecule has 1 heterocycles. The van der Waals surface area contributed by atoms with Gasteiger partial charge in [0.2, 0.25) is 0 Å². The van der Waals surface area contributed by atoms with Gasteiger partial charge in [0.1, 0.15) is 0 Å². The van der Waals surface area contributed by atoms with Gasteiger partial charge >= 0.3 is 5.97 Å². The van der Waals surface area contributed by atoms with Gasteiger partial charge in [-0.1, -0.05) is 0 Å². The van der Waals surface area contributed by atoms with Gasteiger partial charge in [-0.25, -0.2) is 4.79 Å². The van der Waals surface area contributed by atoms with Crippen molar-refractivity contribution in [3.63, 3.8) is 0 Å². The van der Waals surface area contributed by atoms with E-state index < -0.39 is 0 Å². The number of esters is 1. The summed E-state index contributed by atoms with van der Waals surface area (Å²) in [6.45, 7) is 1.17. The van der Waals surface area contributed by atoms with Crippen molar-refractivity contribution < 1.29 is 14.3 Å². The average Bonchev–Trinajstić information content (AvgIpc) is 2.76. The highest BCUT2D eigenvalue weighted by molar-refractivity contribution is 5.76. The van der Waals surface area contributed by atoms with Crippen molar-refractivity contribution in [2.45, 2.75) is 18.9 Å². The third-order valence-electron chi connectivity index (χ3n) is 1.75. The SMILES string of the molecule is O=C(OCC1CC1)C1CO1. The van der Waals surface area contributed by atoms with Crippen molar-refractivity contribution in [3.05, 3.63) is 0 Å². The van der Waals surface area contributed by atoms with Gasteiger partial charge in [0, 0.05) is 0 Å². The Hall–Kier alpha value is -0.570. The Labute approximate surface area is 59.3 Å². The number of ether oxygens (including phenoxy) is 2. The zero-order valence-electron chi connectivity index (χ0n) is 5.71. The fourth-order valence-electron chi connectivity index (χ4n) is 0.762. The van der Waals surface area contributed by atoms with Crippen LogP contribution < -0.4 is 0 Å². The lowest BCUT2D eigenvalue weighted by Crippen LogP contribution is -2.12. The molecule has 2 aliphatic rings. The molecule has 10 heavy (non-hydrogen) atoms. The van der Waals surface area contributed by atoms with Gasteiger partial charge in [-0.15, -0.1) is 0 Å². The van der Waals surface area contributed by atoms with E-state index in [0.717, 1.165) is 0 Å². The molecule has 1 atom stereocenters. The average molecular weight is 142 g/mol. The number of carbonyl (C=O) groups excluding carboxylic acids is 1. The predicted molar refractivity (Wildman–Crippen MR) is 33.4 cm³/mol. The fourth-order valence-corrected chi connectivity index (χ4v) is 0.762. The number of rotatable bonds is 3. The van der Waals surface area contributed by atoms with Crippen LogP contribution in [0.4, 0.5) is 0 Å². The molecule has 1 aliphatic heterocycles. The topological polar surface area (TPSA) is 38.8 Å². The zero-order valence-corrected chi connectivity index (χ0v) is 5.71. The van der Waals surface area contributed by atoms with E-state index in [2.05, 4.69) is 0 Å². The molecule has 3 nitrogen and oxygen atoms in total. The summed E-state index contributed by atoms with van der Waals surface area (Å²) in [4.78, 5) is 10.8. The third-order valence-corrected chi connectivity index (χ3v) is 1.75. The van der Waals surface area contributed by atoms with E-state index in [0.29, 0.717) is 19.1 Å². The maximum Gasteiger partial charge on any atom is 0.337 e. The number of carbonyl (C=O) groups is 1. The first-order chi connectivity index (χ1) is 4.86. The molecule has 1 saturated heterocycles. The largest absolute Gasteiger partial charge is 0.463 e. The predicted octanol–water partition coefficient (Wildman–Crippen LogP) is 0.338. The van der Waals surface area contributed by atoms with Crippen LogP contribution in [0.15, 0.2) is 0 Å². The van der Waals surface area contributed by atoms with Crippen molar-refractivity contribution in [1.29, 1.82) is 0 Å². The summed E-state index contributed by atoms with van der Waals surface area (Å²) in [6, 6.07) is 0. The van der Waals surface area contributed by atoms with Gasteiger partial charge in [0.05, 0.1) is 13.2 Å².